The van der Waals surface area contributed by atoms with Crippen molar-refractivity contribution in [3.63, 3.8) is 0 Å². The maximum Gasteiger partial charge on any atom is 0.116 e. The fourth-order valence-corrected chi connectivity index (χ4v) is 3.09. The van der Waals surface area contributed by atoms with E-state index < -0.39 is 5.92 Å². The third-order valence-electron chi connectivity index (χ3n) is 4.30. The predicted molar refractivity (Wildman–Crippen MR) is 98.9 cm³/mol. The number of fused-ring (bicyclic) bond motifs is 1. The van der Waals surface area contributed by atoms with Crippen molar-refractivity contribution in [2.75, 3.05) is 0 Å². The van der Waals surface area contributed by atoms with Crippen molar-refractivity contribution >= 4 is 10.8 Å². The molecular formula is C22H15N3. The van der Waals surface area contributed by atoms with Gasteiger partial charge in [0, 0.05) is 16.3 Å². The summed E-state index contributed by atoms with van der Waals surface area (Å²) in [5.74, 6) is -0.441. The summed E-state index contributed by atoms with van der Waals surface area (Å²) in [7, 11) is 0. The zero-order valence-corrected chi connectivity index (χ0v) is 13.5. The Hall–Kier alpha value is -3.51. The largest absolute Gasteiger partial charge is 0.197 e. The highest BCUT2D eigenvalue weighted by Gasteiger charge is 2.20. The molecule has 0 saturated heterocycles. The van der Waals surface area contributed by atoms with E-state index in [1.165, 1.54) is 0 Å². The smallest absolute Gasteiger partial charge is 0.116 e. The molecule has 1 aromatic heterocycles. The molecule has 3 aromatic carbocycles. The second-order valence-corrected chi connectivity index (χ2v) is 5.82. The summed E-state index contributed by atoms with van der Waals surface area (Å²) in [5.41, 5.74) is 3.48. The van der Waals surface area contributed by atoms with E-state index in [2.05, 4.69) is 16.3 Å². The Kier molecular flexibility index (Phi) is 3.94. The molecule has 4 rings (SSSR count). The first-order valence-electron chi connectivity index (χ1n) is 8.14. The van der Waals surface area contributed by atoms with Crippen LogP contribution in [0, 0.1) is 11.3 Å². The van der Waals surface area contributed by atoms with Crippen LogP contribution in [0.4, 0.5) is 0 Å². The van der Waals surface area contributed by atoms with Gasteiger partial charge in [-0.1, -0.05) is 84.9 Å². The molecule has 0 N–H and O–H groups in total. The Balaban J connectivity index is 1.94. The van der Waals surface area contributed by atoms with E-state index >= 15 is 0 Å². The molecule has 0 amide bonds. The molecule has 0 radical (unpaired) electrons. The average molecular weight is 321 g/mol. The first-order valence-corrected chi connectivity index (χ1v) is 8.14. The molecule has 0 fully saturated rings. The fraction of sp³-hybridized carbons (Fsp3) is 0.0455. The van der Waals surface area contributed by atoms with Crippen LogP contribution in [0.25, 0.3) is 22.0 Å². The summed E-state index contributed by atoms with van der Waals surface area (Å²) < 4.78 is 0. The number of nitrogens with zero attached hydrogens (tertiary/aromatic N) is 3. The quantitative estimate of drug-likeness (QED) is 0.536. The second kappa shape index (κ2) is 6.54. The van der Waals surface area contributed by atoms with Crippen molar-refractivity contribution in [3.8, 4) is 17.3 Å². The normalized spacial score (nSPS) is 11.8. The number of hydrogen-bond donors (Lipinski definition) is 0. The first kappa shape index (κ1) is 15.0. The van der Waals surface area contributed by atoms with Crippen molar-refractivity contribution in [2.24, 2.45) is 0 Å². The molecular weight excluding hydrogens is 306 g/mol. The van der Waals surface area contributed by atoms with Gasteiger partial charge in [-0.05, 0) is 5.56 Å². The molecule has 1 heterocycles. The van der Waals surface area contributed by atoms with E-state index in [0.717, 1.165) is 27.6 Å². The van der Waals surface area contributed by atoms with E-state index in [4.69, 9.17) is 0 Å². The van der Waals surface area contributed by atoms with E-state index in [-0.39, 0.29) is 0 Å². The van der Waals surface area contributed by atoms with Gasteiger partial charge in [-0.15, -0.1) is 5.10 Å². The van der Waals surface area contributed by atoms with Crippen LogP contribution in [0.3, 0.4) is 0 Å². The molecule has 1 atom stereocenters. The Morgan fingerprint density at radius 1 is 0.680 bits per heavy atom. The van der Waals surface area contributed by atoms with Crippen molar-refractivity contribution < 1.29 is 0 Å². The number of hydrogen-bond acceptors (Lipinski definition) is 3. The number of nitriles is 1. The van der Waals surface area contributed by atoms with Gasteiger partial charge in [-0.25, -0.2) is 0 Å². The lowest BCUT2D eigenvalue weighted by molar-refractivity contribution is 0.907. The standard InChI is InChI=1S/C22H15N3/c23-15-20(16-9-3-1-4-10-16)22-19-14-8-7-13-18(19)21(24-25-22)17-11-5-2-6-12-17/h1-14,20H. The highest BCUT2D eigenvalue weighted by atomic mass is 15.1. The van der Waals surface area contributed by atoms with Crippen LogP contribution in [0.15, 0.2) is 84.9 Å². The predicted octanol–water partition coefficient (Wildman–Crippen LogP) is 4.95. The molecule has 4 aromatic rings. The summed E-state index contributed by atoms with van der Waals surface area (Å²) in [6, 6.07) is 30.1. The summed E-state index contributed by atoms with van der Waals surface area (Å²) in [6.45, 7) is 0. The third-order valence-corrected chi connectivity index (χ3v) is 4.30. The third kappa shape index (κ3) is 2.75. The fourth-order valence-electron chi connectivity index (χ4n) is 3.09. The van der Waals surface area contributed by atoms with Gasteiger partial charge >= 0.3 is 0 Å². The highest BCUT2D eigenvalue weighted by molar-refractivity contribution is 5.96. The molecule has 3 heteroatoms. The van der Waals surface area contributed by atoms with Crippen LogP contribution in [-0.2, 0) is 0 Å². The molecule has 0 spiro atoms. The zero-order chi connectivity index (χ0) is 17.1. The van der Waals surface area contributed by atoms with Crippen LogP contribution >= 0.6 is 0 Å². The molecule has 25 heavy (non-hydrogen) atoms. The molecule has 0 aliphatic rings. The minimum atomic E-state index is -0.441. The van der Waals surface area contributed by atoms with Crippen molar-refractivity contribution in [1.29, 1.82) is 5.26 Å². The molecule has 118 valence electrons. The van der Waals surface area contributed by atoms with Crippen LogP contribution < -0.4 is 0 Å². The van der Waals surface area contributed by atoms with E-state index in [1.807, 2.05) is 84.9 Å². The lowest BCUT2D eigenvalue weighted by Gasteiger charge is -2.13. The number of rotatable bonds is 3. The van der Waals surface area contributed by atoms with Gasteiger partial charge in [0.2, 0.25) is 0 Å². The SMILES string of the molecule is N#CC(c1ccccc1)c1nnc(-c2ccccc2)c2ccccc12. The number of aromatic nitrogens is 2. The van der Waals surface area contributed by atoms with Gasteiger partial charge in [0.15, 0.2) is 0 Å². The Bertz CT molecular complexity index is 1050. The minimum absolute atomic E-state index is 0.441. The van der Waals surface area contributed by atoms with Gasteiger partial charge in [-0.3, -0.25) is 0 Å². The van der Waals surface area contributed by atoms with Crippen LogP contribution in [0.2, 0.25) is 0 Å². The van der Waals surface area contributed by atoms with Crippen molar-refractivity contribution in [3.05, 3.63) is 96.2 Å². The summed E-state index contributed by atoms with van der Waals surface area (Å²) >= 11 is 0. The Morgan fingerprint density at radius 3 is 1.96 bits per heavy atom. The minimum Gasteiger partial charge on any atom is -0.197 e. The molecule has 0 bridgehead atoms. The van der Waals surface area contributed by atoms with Crippen molar-refractivity contribution in [2.45, 2.75) is 5.92 Å². The van der Waals surface area contributed by atoms with Gasteiger partial charge in [-0.2, -0.15) is 10.4 Å². The molecule has 0 aliphatic heterocycles. The molecule has 0 aliphatic carbocycles. The zero-order valence-electron chi connectivity index (χ0n) is 13.5. The summed E-state index contributed by atoms with van der Waals surface area (Å²) in [4.78, 5) is 0. The first-order chi connectivity index (χ1) is 12.4. The van der Waals surface area contributed by atoms with Crippen molar-refractivity contribution in [1.82, 2.24) is 10.2 Å². The van der Waals surface area contributed by atoms with E-state index in [0.29, 0.717) is 5.69 Å². The van der Waals surface area contributed by atoms with Gasteiger partial charge < -0.3 is 0 Å². The average Bonchev–Trinajstić information content (AvgIpc) is 2.70. The van der Waals surface area contributed by atoms with Crippen LogP contribution in [0.5, 0.6) is 0 Å². The topological polar surface area (TPSA) is 49.6 Å². The lowest BCUT2D eigenvalue weighted by Crippen LogP contribution is -2.05. The molecule has 1 unspecified atom stereocenters. The van der Waals surface area contributed by atoms with Gasteiger partial charge in [0.05, 0.1) is 11.8 Å². The molecule has 0 saturated carbocycles. The Morgan fingerprint density at radius 2 is 1.28 bits per heavy atom. The maximum atomic E-state index is 9.76. The van der Waals surface area contributed by atoms with Crippen LogP contribution in [0.1, 0.15) is 17.2 Å². The monoisotopic (exact) mass is 321 g/mol. The maximum absolute atomic E-state index is 9.76. The number of benzene rings is 3. The van der Waals surface area contributed by atoms with Crippen LogP contribution in [-0.4, -0.2) is 10.2 Å². The summed E-state index contributed by atoms with van der Waals surface area (Å²) in [6.07, 6.45) is 0. The van der Waals surface area contributed by atoms with E-state index in [1.54, 1.807) is 0 Å². The summed E-state index contributed by atoms with van der Waals surface area (Å²) in [5, 5.41) is 20.7. The molecule has 3 nitrogen and oxygen atoms in total. The second-order valence-electron chi connectivity index (χ2n) is 5.82. The lowest BCUT2D eigenvalue weighted by atomic mass is 9.92. The Labute approximate surface area is 146 Å². The van der Waals surface area contributed by atoms with Gasteiger partial charge in [0.25, 0.3) is 0 Å². The van der Waals surface area contributed by atoms with Gasteiger partial charge in [0.1, 0.15) is 11.6 Å². The highest BCUT2D eigenvalue weighted by Crippen LogP contribution is 2.32. The van der Waals surface area contributed by atoms with E-state index in [9.17, 15) is 5.26 Å².